The van der Waals surface area contributed by atoms with Gasteiger partial charge in [-0.05, 0) is 13.3 Å². The molecule has 22 heavy (non-hydrogen) atoms. The van der Waals surface area contributed by atoms with Gasteiger partial charge in [-0.3, -0.25) is 0 Å². The second kappa shape index (κ2) is 7.83. The van der Waals surface area contributed by atoms with Crippen molar-refractivity contribution in [3.63, 3.8) is 0 Å². The van der Waals surface area contributed by atoms with E-state index >= 15 is 0 Å². The van der Waals surface area contributed by atoms with Gasteiger partial charge in [-0.15, -0.1) is 10.2 Å². The number of carbonyl (C=O) groups excluding carboxylic acids is 1. The first kappa shape index (κ1) is 16.3. The van der Waals surface area contributed by atoms with Gasteiger partial charge in [-0.1, -0.05) is 30.3 Å². The zero-order valence-corrected chi connectivity index (χ0v) is 13.8. The van der Waals surface area contributed by atoms with Gasteiger partial charge < -0.3 is 14.7 Å². The van der Waals surface area contributed by atoms with Gasteiger partial charge in [0.25, 0.3) is 0 Å². The van der Waals surface area contributed by atoms with Gasteiger partial charge >= 0.3 is 6.03 Å². The van der Waals surface area contributed by atoms with E-state index in [0.717, 1.165) is 16.4 Å². The average Bonchev–Trinajstić information content (AvgIpc) is 3.18. The van der Waals surface area contributed by atoms with E-state index in [1.54, 1.807) is 4.90 Å². The Morgan fingerprint density at radius 2 is 2.00 bits per heavy atom. The third kappa shape index (κ3) is 4.23. The molecule has 120 valence electrons. The lowest BCUT2D eigenvalue weighted by Crippen LogP contribution is -2.39. The zero-order chi connectivity index (χ0) is 15.9. The maximum absolute atomic E-state index is 12.2. The second-order valence-electron chi connectivity index (χ2n) is 4.57. The molecule has 0 bridgehead atoms. The summed E-state index contributed by atoms with van der Waals surface area (Å²) in [6.07, 6.45) is 1.56. The summed E-state index contributed by atoms with van der Waals surface area (Å²) in [5, 5.41) is 16.5. The van der Waals surface area contributed by atoms with Crippen LogP contribution in [-0.4, -0.2) is 37.8 Å². The minimum atomic E-state index is -0.188. The van der Waals surface area contributed by atoms with Crippen LogP contribution in [0.1, 0.15) is 42.5 Å². The van der Waals surface area contributed by atoms with E-state index in [4.69, 9.17) is 4.52 Å². The summed E-state index contributed by atoms with van der Waals surface area (Å²) in [6.45, 7) is 7.09. The molecule has 0 saturated heterocycles. The highest BCUT2D eigenvalue weighted by molar-refractivity contribution is 7.11. The van der Waals surface area contributed by atoms with E-state index in [1.807, 2.05) is 20.8 Å². The standard InChI is InChI=1S/C13H20N6O2S/c1-4-9-15-10(21-18-9)8-19(6-3)13(20)14-7-12-17-16-11(5-2)22-12/h4-8H2,1-3H3,(H,14,20). The molecule has 0 radical (unpaired) electrons. The van der Waals surface area contributed by atoms with Crippen LogP contribution in [-0.2, 0) is 25.9 Å². The molecule has 0 unspecified atom stereocenters. The highest BCUT2D eigenvalue weighted by Gasteiger charge is 2.16. The summed E-state index contributed by atoms with van der Waals surface area (Å²) in [5.41, 5.74) is 0. The predicted molar refractivity (Wildman–Crippen MR) is 81.3 cm³/mol. The van der Waals surface area contributed by atoms with Crippen molar-refractivity contribution in [1.29, 1.82) is 0 Å². The Morgan fingerprint density at radius 1 is 1.23 bits per heavy atom. The van der Waals surface area contributed by atoms with Crippen molar-refractivity contribution < 1.29 is 9.32 Å². The van der Waals surface area contributed by atoms with E-state index in [2.05, 4.69) is 25.7 Å². The van der Waals surface area contributed by atoms with Crippen molar-refractivity contribution in [3.05, 3.63) is 21.7 Å². The van der Waals surface area contributed by atoms with Crippen LogP contribution < -0.4 is 5.32 Å². The Hall–Kier alpha value is -2.03. The number of amides is 2. The quantitative estimate of drug-likeness (QED) is 0.834. The molecule has 0 aromatic carbocycles. The van der Waals surface area contributed by atoms with E-state index in [-0.39, 0.29) is 6.03 Å². The molecular weight excluding hydrogens is 304 g/mol. The fourth-order valence-electron chi connectivity index (χ4n) is 1.75. The van der Waals surface area contributed by atoms with Gasteiger partial charge in [0.1, 0.15) is 16.6 Å². The monoisotopic (exact) mass is 324 g/mol. The summed E-state index contributed by atoms with van der Waals surface area (Å²) in [5.74, 6) is 1.09. The summed E-state index contributed by atoms with van der Waals surface area (Å²) >= 11 is 1.51. The van der Waals surface area contributed by atoms with Crippen molar-refractivity contribution in [2.75, 3.05) is 6.54 Å². The number of carbonyl (C=O) groups is 1. The number of hydrogen-bond acceptors (Lipinski definition) is 7. The van der Waals surface area contributed by atoms with Crippen molar-refractivity contribution in [2.45, 2.75) is 46.7 Å². The minimum Gasteiger partial charge on any atom is -0.337 e. The van der Waals surface area contributed by atoms with E-state index < -0.39 is 0 Å². The number of hydrogen-bond donors (Lipinski definition) is 1. The molecule has 0 aliphatic rings. The van der Waals surface area contributed by atoms with Gasteiger partial charge in [-0.2, -0.15) is 4.98 Å². The minimum absolute atomic E-state index is 0.188. The molecule has 0 atom stereocenters. The molecular formula is C13H20N6O2S. The Bertz CT molecular complexity index is 611. The summed E-state index contributed by atoms with van der Waals surface area (Å²) in [4.78, 5) is 18.0. The molecule has 0 aliphatic heterocycles. The predicted octanol–water partition coefficient (Wildman–Crippen LogP) is 1.78. The van der Waals surface area contributed by atoms with E-state index in [0.29, 0.717) is 37.8 Å². The maximum atomic E-state index is 12.2. The molecule has 0 spiro atoms. The second-order valence-corrected chi connectivity index (χ2v) is 5.72. The van der Waals surface area contributed by atoms with Crippen molar-refractivity contribution in [2.24, 2.45) is 0 Å². The van der Waals surface area contributed by atoms with Crippen LogP contribution in [0.3, 0.4) is 0 Å². The van der Waals surface area contributed by atoms with Crippen LogP contribution in [0.25, 0.3) is 0 Å². The van der Waals surface area contributed by atoms with Gasteiger partial charge in [0, 0.05) is 13.0 Å². The summed E-state index contributed by atoms with van der Waals surface area (Å²) in [7, 11) is 0. The Labute approximate surface area is 132 Å². The van der Waals surface area contributed by atoms with Crippen LogP contribution in [0.4, 0.5) is 4.79 Å². The Kier molecular flexibility index (Phi) is 5.82. The normalized spacial score (nSPS) is 10.7. The number of urea groups is 1. The highest BCUT2D eigenvalue weighted by atomic mass is 32.1. The first-order valence-electron chi connectivity index (χ1n) is 7.31. The van der Waals surface area contributed by atoms with E-state index in [9.17, 15) is 4.79 Å². The number of aryl methyl sites for hydroxylation is 2. The highest BCUT2D eigenvalue weighted by Crippen LogP contribution is 2.10. The average molecular weight is 324 g/mol. The summed E-state index contributed by atoms with van der Waals surface area (Å²) in [6, 6.07) is -0.188. The molecule has 0 saturated carbocycles. The third-order valence-electron chi connectivity index (χ3n) is 3.02. The molecule has 9 heteroatoms. The number of rotatable bonds is 7. The molecule has 2 aromatic heterocycles. The molecule has 1 N–H and O–H groups in total. The fourth-order valence-corrected chi connectivity index (χ4v) is 2.48. The van der Waals surface area contributed by atoms with Gasteiger partial charge in [0.15, 0.2) is 5.82 Å². The van der Waals surface area contributed by atoms with Crippen LogP contribution in [0.2, 0.25) is 0 Å². The van der Waals surface area contributed by atoms with Gasteiger partial charge in [0.2, 0.25) is 5.89 Å². The SMILES string of the molecule is CCc1noc(CN(CC)C(=O)NCc2nnc(CC)s2)n1. The van der Waals surface area contributed by atoms with E-state index in [1.165, 1.54) is 11.3 Å². The maximum Gasteiger partial charge on any atom is 0.318 e. The van der Waals surface area contributed by atoms with Crippen molar-refractivity contribution >= 4 is 17.4 Å². The van der Waals surface area contributed by atoms with Crippen molar-refractivity contribution in [1.82, 2.24) is 30.6 Å². The first-order chi connectivity index (χ1) is 10.7. The number of nitrogens with one attached hydrogen (secondary N) is 1. The van der Waals surface area contributed by atoms with Crippen LogP contribution in [0.15, 0.2) is 4.52 Å². The Balaban J connectivity index is 1.88. The molecule has 2 rings (SSSR count). The smallest absolute Gasteiger partial charge is 0.318 e. The Morgan fingerprint density at radius 3 is 2.59 bits per heavy atom. The first-order valence-corrected chi connectivity index (χ1v) is 8.13. The van der Waals surface area contributed by atoms with Crippen LogP contribution >= 0.6 is 11.3 Å². The lowest BCUT2D eigenvalue weighted by atomic mass is 10.4. The topological polar surface area (TPSA) is 97.0 Å². The summed E-state index contributed by atoms with van der Waals surface area (Å²) < 4.78 is 5.12. The molecule has 8 nitrogen and oxygen atoms in total. The third-order valence-corrected chi connectivity index (χ3v) is 4.09. The van der Waals surface area contributed by atoms with Gasteiger partial charge in [0.05, 0.1) is 6.54 Å². The number of aromatic nitrogens is 4. The number of nitrogens with zero attached hydrogens (tertiary/aromatic N) is 5. The van der Waals surface area contributed by atoms with Crippen LogP contribution in [0.5, 0.6) is 0 Å². The zero-order valence-electron chi connectivity index (χ0n) is 13.0. The molecule has 0 fully saturated rings. The molecule has 0 aliphatic carbocycles. The van der Waals surface area contributed by atoms with Gasteiger partial charge in [-0.25, -0.2) is 4.79 Å². The van der Waals surface area contributed by atoms with Crippen LogP contribution in [0, 0.1) is 0 Å². The molecule has 2 heterocycles. The molecule has 2 amide bonds. The van der Waals surface area contributed by atoms with Crippen molar-refractivity contribution in [3.8, 4) is 0 Å². The fraction of sp³-hybridized carbons (Fsp3) is 0.615. The lowest BCUT2D eigenvalue weighted by molar-refractivity contribution is 0.189. The lowest BCUT2D eigenvalue weighted by Gasteiger charge is -2.18. The largest absolute Gasteiger partial charge is 0.337 e. The molecule has 2 aromatic rings.